The Morgan fingerprint density at radius 1 is 0.861 bits per heavy atom. The van der Waals surface area contributed by atoms with Crippen LogP contribution in [0.5, 0.6) is 0 Å². The summed E-state index contributed by atoms with van der Waals surface area (Å²) in [6.07, 6.45) is 2.83. The molecule has 1 saturated carbocycles. The predicted molar refractivity (Wildman–Crippen MR) is 299 cm³/mol. The predicted octanol–water partition coefficient (Wildman–Crippen LogP) is 3.71. The molecular weight excluding hydrogens is 1010 g/mol. The van der Waals surface area contributed by atoms with Crippen molar-refractivity contribution in [1.82, 2.24) is 36.8 Å². The van der Waals surface area contributed by atoms with Gasteiger partial charge in [-0.05, 0) is 96.6 Å². The maximum absolute atomic E-state index is 14.1. The lowest BCUT2D eigenvalue weighted by Crippen LogP contribution is -2.56. The van der Waals surface area contributed by atoms with Gasteiger partial charge in [0, 0.05) is 44.0 Å². The van der Waals surface area contributed by atoms with E-state index in [2.05, 4.69) is 44.9 Å². The molecule has 6 unspecified atom stereocenters. The molecule has 2 saturated heterocycles. The number of methoxy groups -OCH3 is 1. The second-order valence-electron chi connectivity index (χ2n) is 24.6. The number of esters is 1. The highest BCUT2D eigenvalue weighted by atomic mass is 16.6. The lowest BCUT2D eigenvalue weighted by atomic mass is 9.64. The summed E-state index contributed by atoms with van der Waals surface area (Å²) in [4.78, 5) is 110. The summed E-state index contributed by atoms with van der Waals surface area (Å²) in [5.41, 5.74) is -1.01. The van der Waals surface area contributed by atoms with Crippen LogP contribution in [0.1, 0.15) is 134 Å². The molecule has 4 rings (SSSR count). The van der Waals surface area contributed by atoms with Gasteiger partial charge >= 0.3 is 5.97 Å². The first-order valence-corrected chi connectivity index (χ1v) is 28.3. The molecule has 0 radical (unpaired) electrons. The number of aliphatic hydroxyl groups is 1. The monoisotopic (exact) mass is 1110 g/mol. The van der Waals surface area contributed by atoms with Crippen molar-refractivity contribution in [2.75, 3.05) is 60.0 Å². The summed E-state index contributed by atoms with van der Waals surface area (Å²) < 4.78 is 24.1. The molecule has 11 atom stereocenters. The quantitative estimate of drug-likeness (QED) is 0.0229. The third-order valence-corrected chi connectivity index (χ3v) is 15.7. The van der Waals surface area contributed by atoms with Crippen molar-refractivity contribution in [2.45, 2.75) is 182 Å². The van der Waals surface area contributed by atoms with Crippen molar-refractivity contribution in [3.05, 3.63) is 47.5 Å². The van der Waals surface area contributed by atoms with Gasteiger partial charge in [0.2, 0.25) is 35.4 Å². The number of allylic oxidation sites excluding steroid dienone is 1. The molecule has 20 nitrogen and oxygen atoms in total. The van der Waals surface area contributed by atoms with Gasteiger partial charge in [0.25, 0.3) is 0 Å². The zero-order valence-corrected chi connectivity index (χ0v) is 49.6. The third-order valence-electron chi connectivity index (χ3n) is 15.7. The fraction of sp³-hybridized carbons (Fsp3) is 0.729. The summed E-state index contributed by atoms with van der Waals surface area (Å²) in [6, 6.07) is 6.77. The van der Waals surface area contributed by atoms with Gasteiger partial charge in [0.1, 0.15) is 41.9 Å². The molecular formula is C59H95N7O13. The number of likely N-dealkylation sites (N-methyl/N-ethyl adjacent to an activating group) is 1. The SMILES string of the molecule is COC1C(OC(=O)CC(=O)CN(C)CCNC(=O)CNC(=O)[C@H](CC(C)C)NC(=O)[C@H](Cc2ccccc2)NC(=O)CNC(=O)C(C)(CC(C)(CC(C)C)C(=O)NCC(C)O)C(C)C)CC[C@]2(CO2)C1[C@@]1(C)O[C@@H]1CC=C(C)C. The number of amides is 6. The van der Waals surface area contributed by atoms with Crippen LogP contribution in [-0.4, -0.2) is 165 Å². The summed E-state index contributed by atoms with van der Waals surface area (Å²) in [5, 5.41) is 26.3. The number of carbonyl (C=O) groups excluding carboxylic acids is 8. The number of ether oxygens (including phenoxy) is 4. The summed E-state index contributed by atoms with van der Waals surface area (Å²) in [5.74, 6) is -4.47. The molecule has 3 aliphatic rings. The Kier molecular flexibility index (Phi) is 24.7. The Morgan fingerprint density at radius 2 is 1.52 bits per heavy atom. The first kappa shape index (κ1) is 66.2. The van der Waals surface area contributed by atoms with Gasteiger partial charge in [-0.1, -0.05) is 97.4 Å². The molecule has 3 fully saturated rings. The molecule has 1 spiro atoms. The summed E-state index contributed by atoms with van der Waals surface area (Å²) in [7, 11) is 3.28. The summed E-state index contributed by atoms with van der Waals surface area (Å²) >= 11 is 0. The average Bonchev–Trinajstić information content (AvgIpc) is 4.31. The van der Waals surface area contributed by atoms with Crippen molar-refractivity contribution in [3.8, 4) is 0 Å². The van der Waals surface area contributed by atoms with Crippen molar-refractivity contribution < 1.29 is 62.4 Å². The highest BCUT2D eigenvalue weighted by Gasteiger charge is 2.72. The van der Waals surface area contributed by atoms with Crippen molar-refractivity contribution >= 4 is 47.2 Å². The normalized spacial score (nSPS) is 24.0. The number of carbonyl (C=O) groups is 8. The largest absolute Gasteiger partial charge is 0.459 e. The molecule has 2 heterocycles. The lowest BCUT2D eigenvalue weighted by molar-refractivity contribution is -0.172. The summed E-state index contributed by atoms with van der Waals surface area (Å²) in [6.45, 7) is 22.9. The second-order valence-corrected chi connectivity index (χ2v) is 24.6. The molecule has 20 heteroatoms. The van der Waals surface area contributed by atoms with Gasteiger partial charge in [-0.3, -0.25) is 43.3 Å². The van der Waals surface area contributed by atoms with Crippen LogP contribution in [0.25, 0.3) is 0 Å². The lowest BCUT2D eigenvalue weighted by Gasteiger charge is -2.42. The van der Waals surface area contributed by atoms with E-state index < -0.39 is 102 Å². The van der Waals surface area contributed by atoms with E-state index in [0.717, 1.165) is 12.0 Å². The molecule has 0 bridgehead atoms. The molecule has 2 aliphatic heterocycles. The van der Waals surface area contributed by atoms with Crippen LogP contribution in [-0.2, 0) is 63.7 Å². The van der Waals surface area contributed by atoms with E-state index in [0.29, 0.717) is 25.9 Å². The Balaban J connectivity index is 1.27. The van der Waals surface area contributed by atoms with Crippen LogP contribution in [0.2, 0.25) is 0 Å². The van der Waals surface area contributed by atoms with Gasteiger partial charge in [-0.25, -0.2) is 0 Å². The number of nitrogens with one attached hydrogen (secondary N) is 6. The first-order valence-electron chi connectivity index (χ1n) is 28.3. The average molecular weight is 1110 g/mol. The topological polar surface area (TPSA) is 276 Å². The number of epoxide rings is 2. The van der Waals surface area contributed by atoms with E-state index in [-0.39, 0.29) is 92.5 Å². The minimum atomic E-state index is -1.16. The first-order chi connectivity index (χ1) is 37.0. The van der Waals surface area contributed by atoms with E-state index >= 15 is 0 Å². The number of hydrogen-bond acceptors (Lipinski definition) is 14. The third kappa shape index (κ3) is 19.7. The second kappa shape index (κ2) is 29.4. The maximum atomic E-state index is 14.1. The Hall–Kier alpha value is -5.28. The van der Waals surface area contributed by atoms with Crippen molar-refractivity contribution in [1.29, 1.82) is 0 Å². The number of aliphatic hydroxyl groups excluding tert-OH is 1. The van der Waals surface area contributed by atoms with Gasteiger partial charge in [-0.2, -0.15) is 0 Å². The molecule has 1 aliphatic carbocycles. The zero-order chi connectivity index (χ0) is 59.0. The zero-order valence-electron chi connectivity index (χ0n) is 49.6. The molecule has 444 valence electrons. The van der Waals surface area contributed by atoms with Crippen molar-refractivity contribution in [2.24, 2.45) is 34.5 Å². The maximum Gasteiger partial charge on any atom is 0.313 e. The van der Waals surface area contributed by atoms with E-state index in [1.165, 1.54) is 5.57 Å². The smallest absolute Gasteiger partial charge is 0.313 e. The molecule has 1 aromatic rings. The standard InChI is InChI=1S/C59H95N7O13/c1-36(2)20-21-46-58(12,79-46)51-50(76-14)45(22-23-59(51)35-77-59)78-49(71)28-42(68)33-66(13)25-24-60-47(69)31-61-52(72)43(26-37(3)4)65-53(73)44(27-41-18-16-15-17-19-41)64-48(70)32-63-55(75)57(11,39(7)8)34-56(10,29-38(5)6)54(74)62-30-40(9)67/h15-20,37-40,43-46,50-51,67H,21-35H2,1-14H3,(H,60,69)(H,61,72)(H,62,74)(H,63,75)(H,64,70)(H,65,73)/t40?,43-,44-,45?,46+,50?,51?,56?,57?,58-,59-/m0/s1. The van der Waals surface area contributed by atoms with E-state index in [4.69, 9.17) is 18.9 Å². The van der Waals surface area contributed by atoms with E-state index in [1.54, 1.807) is 57.2 Å². The van der Waals surface area contributed by atoms with Crippen LogP contribution in [0.3, 0.4) is 0 Å². The highest BCUT2D eigenvalue weighted by Crippen LogP contribution is 2.59. The fourth-order valence-electron chi connectivity index (χ4n) is 11.2. The molecule has 7 N–H and O–H groups in total. The Labute approximate surface area is 469 Å². The number of hydrogen-bond donors (Lipinski definition) is 7. The minimum absolute atomic E-state index is 0.00182. The molecule has 1 aromatic carbocycles. The fourth-order valence-corrected chi connectivity index (χ4v) is 11.2. The molecule has 6 amide bonds. The van der Waals surface area contributed by atoms with Crippen LogP contribution in [0, 0.1) is 34.5 Å². The number of ketones is 1. The highest BCUT2D eigenvalue weighted by molar-refractivity contribution is 5.97. The van der Waals surface area contributed by atoms with Crippen molar-refractivity contribution in [3.63, 3.8) is 0 Å². The van der Waals surface area contributed by atoms with Crippen LogP contribution in [0.15, 0.2) is 42.0 Å². The van der Waals surface area contributed by atoms with Gasteiger partial charge in [0.05, 0.1) is 44.4 Å². The molecule has 79 heavy (non-hydrogen) atoms. The Morgan fingerprint density at radius 3 is 2.10 bits per heavy atom. The van der Waals surface area contributed by atoms with E-state index in [9.17, 15) is 43.5 Å². The Bertz CT molecular complexity index is 2280. The van der Waals surface area contributed by atoms with E-state index in [1.807, 2.05) is 68.4 Å². The minimum Gasteiger partial charge on any atom is -0.459 e. The number of rotatable bonds is 33. The number of nitrogens with zero attached hydrogens (tertiary/aromatic N) is 1. The van der Waals surface area contributed by atoms with Gasteiger partial charge < -0.3 is 56.0 Å². The number of benzene rings is 1. The van der Waals surface area contributed by atoms with Crippen LogP contribution in [0.4, 0.5) is 0 Å². The number of Topliss-reactive ketones (excluding diaryl/α,β-unsaturated/α-hetero) is 1. The van der Waals surface area contributed by atoms with Crippen LogP contribution >= 0.6 is 0 Å². The van der Waals surface area contributed by atoms with Gasteiger partial charge in [-0.15, -0.1) is 0 Å². The van der Waals surface area contributed by atoms with Gasteiger partial charge in [0.15, 0.2) is 5.78 Å². The molecule has 0 aromatic heterocycles. The van der Waals surface area contributed by atoms with Crippen LogP contribution < -0.4 is 31.9 Å².